The first kappa shape index (κ1) is 36.8. The Hall–Kier alpha value is -4.06. The summed E-state index contributed by atoms with van der Waals surface area (Å²) in [7, 11) is 1.88. The number of halogens is 5. The van der Waals surface area contributed by atoms with E-state index in [9.17, 15) is 37.1 Å². The smallest absolute Gasteiger partial charge is 0.416 e. The van der Waals surface area contributed by atoms with Crippen LogP contribution >= 0.6 is 0 Å². The van der Waals surface area contributed by atoms with Crippen LogP contribution in [0.2, 0.25) is 0 Å². The van der Waals surface area contributed by atoms with Gasteiger partial charge in [-0.3, -0.25) is 14.4 Å². The van der Waals surface area contributed by atoms with Crippen molar-refractivity contribution < 1.29 is 36.6 Å². The molecule has 1 saturated heterocycles. The number of alkyl halides is 3. The number of likely N-dealkylation sites (tertiary alicyclic amines) is 1. The van der Waals surface area contributed by atoms with E-state index in [-0.39, 0.29) is 29.0 Å². The van der Waals surface area contributed by atoms with Crippen LogP contribution in [0.3, 0.4) is 0 Å². The number of carbonyl (C=O) groups excluding carboxylic acids is 1. The summed E-state index contributed by atoms with van der Waals surface area (Å²) in [5.41, 5.74) is 0.158. The average Bonchev–Trinajstić information content (AvgIpc) is 2.96. The molecule has 2 heterocycles. The second-order valence-electron chi connectivity index (χ2n) is 13.4. The van der Waals surface area contributed by atoms with Gasteiger partial charge in [0.05, 0.1) is 18.0 Å². The van der Waals surface area contributed by atoms with Gasteiger partial charge in [0.25, 0.3) is 5.56 Å². The molecule has 0 radical (unpaired) electrons. The minimum atomic E-state index is -4.79. The molecule has 0 spiro atoms. The van der Waals surface area contributed by atoms with Crippen molar-refractivity contribution in [2.75, 3.05) is 20.1 Å². The van der Waals surface area contributed by atoms with Crippen LogP contribution in [0.1, 0.15) is 90.9 Å². The first-order valence-electron chi connectivity index (χ1n) is 16.0. The number of carboxylic acids is 1. The van der Waals surface area contributed by atoms with Crippen molar-refractivity contribution in [3.63, 3.8) is 0 Å². The first-order valence-corrected chi connectivity index (χ1v) is 16.0. The summed E-state index contributed by atoms with van der Waals surface area (Å²) in [6.07, 6.45) is -3.47. The Morgan fingerprint density at radius 3 is 2.12 bits per heavy atom. The van der Waals surface area contributed by atoms with E-state index in [1.807, 2.05) is 11.9 Å². The predicted molar refractivity (Wildman–Crippen MR) is 173 cm³/mol. The largest absolute Gasteiger partial charge is 0.481 e. The van der Waals surface area contributed by atoms with E-state index in [1.165, 1.54) is 25.1 Å². The lowest BCUT2D eigenvalue weighted by Crippen LogP contribution is -2.41. The zero-order chi connectivity index (χ0) is 35.7. The Labute approximate surface area is 276 Å². The van der Waals surface area contributed by atoms with Gasteiger partial charge in [0.2, 0.25) is 5.91 Å². The molecule has 1 amide bonds. The molecular weight excluding hydrogens is 633 g/mol. The summed E-state index contributed by atoms with van der Waals surface area (Å²) in [4.78, 5) is 41.4. The topological polar surface area (TPSA) is 91.6 Å². The number of carboxylic acid groups (broad SMARTS) is 1. The van der Waals surface area contributed by atoms with Gasteiger partial charge in [0.15, 0.2) is 0 Å². The lowest BCUT2D eigenvalue weighted by molar-refractivity contribution is -0.139. The van der Waals surface area contributed by atoms with E-state index in [4.69, 9.17) is 0 Å². The summed E-state index contributed by atoms with van der Waals surface area (Å²) < 4.78 is 73.4. The number of aliphatic carboxylic acids is 1. The van der Waals surface area contributed by atoms with Crippen molar-refractivity contribution >= 4 is 11.9 Å². The fraction of sp³-hybridized carbons (Fsp3) is 0.472. The number of pyridine rings is 1. The second-order valence-corrected chi connectivity index (χ2v) is 13.4. The number of aromatic nitrogens is 1. The lowest BCUT2D eigenvalue weighted by Gasteiger charge is -2.32. The van der Waals surface area contributed by atoms with Crippen molar-refractivity contribution in [2.24, 2.45) is 5.92 Å². The zero-order valence-corrected chi connectivity index (χ0v) is 28.0. The molecule has 0 aliphatic carbocycles. The molecule has 1 aliphatic rings. The third-order valence-electron chi connectivity index (χ3n) is 9.05. The van der Waals surface area contributed by atoms with Crippen LogP contribution in [0.15, 0.2) is 41.3 Å². The minimum Gasteiger partial charge on any atom is -0.481 e. The first-order chi connectivity index (χ1) is 22.4. The number of amides is 1. The molecule has 260 valence electrons. The number of nitrogens with one attached hydrogen (secondary N) is 1. The highest BCUT2D eigenvalue weighted by Crippen LogP contribution is 2.39. The maximum absolute atomic E-state index is 15.8. The number of hydrogen-bond donors (Lipinski definition) is 2. The molecule has 12 heteroatoms. The van der Waals surface area contributed by atoms with Crippen molar-refractivity contribution in [3.8, 4) is 11.1 Å². The van der Waals surface area contributed by atoms with Crippen LogP contribution in [0.25, 0.3) is 11.1 Å². The Kier molecular flexibility index (Phi) is 11.2. The van der Waals surface area contributed by atoms with E-state index in [0.29, 0.717) is 54.3 Å². The highest BCUT2D eigenvalue weighted by Gasteiger charge is 2.38. The summed E-state index contributed by atoms with van der Waals surface area (Å²) in [6, 6.07) is 3.45. The van der Waals surface area contributed by atoms with Gasteiger partial charge in [-0.1, -0.05) is 13.8 Å². The molecule has 2 aromatic carbocycles. The molecule has 1 aromatic heterocycles. The van der Waals surface area contributed by atoms with Crippen LogP contribution in [0.4, 0.5) is 22.0 Å². The molecule has 2 N–H and O–H groups in total. The number of rotatable bonds is 10. The van der Waals surface area contributed by atoms with E-state index in [0.717, 1.165) is 10.8 Å². The summed E-state index contributed by atoms with van der Waals surface area (Å²) in [6.45, 7) is 9.56. The van der Waals surface area contributed by atoms with Gasteiger partial charge in [0, 0.05) is 17.8 Å². The van der Waals surface area contributed by atoms with E-state index in [2.05, 4.69) is 5.32 Å². The number of piperidine rings is 1. The fourth-order valence-electron chi connectivity index (χ4n) is 6.73. The molecular formula is C36H42F5N3O4. The van der Waals surface area contributed by atoms with Gasteiger partial charge in [-0.25, -0.2) is 8.78 Å². The highest BCUT2D eigenvalue weighted by atomic mass is 19.4. The molecule has 1 aliphatic heterocycles. The van der Waals surface area contributed by atoms with E-state index >= 15 is 4.39 Å². The number of nitrogens with zero attached hydrogens (tertiary/aromatic N) is 2. The fourth-order valence-corrected chi connectivity index (χ4v) is 6.73. The van der Waals surface area contributed by atoms with Crippen molar-refractivity contribution in [1.82, 2.24) is 14.8 Å². The minimum absolute atomic E-state index is 0.0409. The molecule has 48 heavy (non-hydrogen) atoms. The molecule has 1 unspecified atom stereocenters. The SMILES string of the molecule is Cc1cc(-c2c(C)cc(F)cc2C)cc(C(CC(=O)O)NC(=O)[C@H](CC(C)C)n2cc(C3CCN(C)CC3)c(C(F)(F)F)cc2=O)c1F. The Balaban J connectivity index is 1.81. The Morgan fingerprint density at radius 2 is 1.58 bits per heavy atom. The van der Waals surface area contributed by atoms with Crippen LogP contribution in [-0.4, -0.2) is 46.6 Å². The third-order valence-corrected chi connectivity index (χ3v) is 9.05. The molecule has 0 saturated carbocycles. The quantitative estimate of drug-likeness (QED) is 0.218. The van der Waals surface area contributed by atoms with Crippen LogP contribution < -0.4 is 10.9 Å². The number of aryl methyl sites for hydroxylation is 3. The summed E-state index contributed by atoms with van der Waals surface area (Å²) in [5, 5.41) is 12.4. The number of benzene rings is 2. The lowest BCUT2D eigenvalue weighted by atomic mass is 9.87. The molecule has 3 aromatic rings. The van der Waals surface area contributed by atoms with Crippen LogP contribution in [0, 0.1) is 38.3 Å². The standard InChI is InChI=1S/C36H42F5N3O4/c1-19(2)11-30(44-18-27(23-7-9-43(6)10-8-23)28(16-31(44)45)36(39,40)41)35(48)42-29(17-32(46)47)26-15-24(12-22(5)34(26)38)33-20(3)13-25(37)14-21(33)4/h12-16,18-19,23,29-30H,7-11,17H2,1-6H3,(H,42,48)(H,46,47)/t29?,30-/m0/s1. The van der Waals surface area contributed by atoms with Gasteiger partial charge in [-0.15, -0.1) is 0 Å². The normalized spacial score (nSPS) is 15.8. The zero-order valence-electron chi connectivity index (χ0n) is 28.0. The Morgan fingerprint density at radius 1 is 0.979 bits per heavy atom. The van der Waals surface area contributed by atoms with Gasteiger partial charge in [0.1, 0.15) is 17.7 Å². The molecule has 0 bridgehead atoms. The van der Waals surface area contributed by atoms with Gasteiger partial charge >= 0.3 is 12.1 Å². The van der Waals surface area contributed by atoms with E-state index in [1.54, 1.807) is 33.8 Å². The molecule has 4 rings (SSSR count). The van der Waals surface area contributed by atoms with Gasteiger partial charge in [-0.05, 0) is 130 Å². The average molecular weight is 676 g/mol. The second kappa shape index (κ2) is 14.6. The third kappa shape index (κ3) is 8.32. The van der Waals surface area contributed by atoms with Gasteiger partial charge < -0.3 is 19.9 Å². The monoisotopic (exact) mass is 675 g/mol. The van der Waals surface area contributed by atoms with Crippen LogP contribution in [0.5, 0.6) is 0 Å². The van der Waals surface area contributed by atoms with Crippen molar-refractivity contribution in [3.05, 3.63) is 91.9 Å². The van der Waals surface area contributed by atoms with Crippen molar-refractivity contribution in [1.29, 1.82) is 0 Å². The number of carbonyl (C=O) groups is 2. The van der Waals surface area contributed by atoms with Gasteiger partial charge in [-0.2, -0.15) is 13.2 Å². The van der Waals surface area contributed by atoms with Crippen LogP contribution in [-0.2, 0) is 15.8 Å². The highest BCUT2D eigenvalue weighted by molar-refractivity contribution is 5.82. The maximum Gasteiger partial charge on any atom is 0.416 e. The summed E-state index contributed by atoms with van der Waals surface area (Å²) >= 11 is 0. The summed E-state index contributed by atoms with van der Waals surface area (Å²) in [5.74, 6) is -4.06. The predicted octanol–water partition coefficient (Wildman–Crippen LogP) is 7.47. The molecule has 1 fully saturated rings. The molecule has 7 nitrogen and oxygen atoms in total. The number of hydrogen-bond acceptors (Lipinski definition) is 4. The van der Waals surface area contributed by atoms with Crippen molar-refractivity contribution in [2.45, 2.75) is 84.5 Å². The van der Waals surface area contributed by atoms with E-state index < -0.39 is 65.2 Å². The maximum atomic E-state index is 15.8. The Bertz CT molecular complexity index is 1720. The molecule has 2 atom stereocenters.